The maximum atomic E-state index is 11.1. The van der Waals surface area contributed by atoms with Gasteiger partial charge in [0.1, 0.15) is 5.75 Å². The molecule has 9 heteroatoms. The zero-order chi connectivity index (χ0) is 13.8. The van der Waals surface area contributed by atoms with Crippen molar-refractivity contribution in [2.24, 2.45) is 0 Å². The van der Waals surface area contributed by atoms with Gasteiger partial charge in [0.25, 0.3) is 0 Å². The van der Waals surface area contributed by atoms with Crippen molar-refractivity contribution in [1.82, 2.24) is 4.72 Å². The molecule has 0 heterocycles. The number of hydrogen-bond donors (Lipinski definition) is 2. The Bertz CT molecular complexity index is 572. The van der Waals surface area contributed by atoms with Crippen LogP contribution in [0.25, 0.3) is 0 Å². The lowest BCUT2D eigenvalue weighted by atomic mass is 10.3. The Balaban J connectivity index is 2.73. The molecule has 0 aliphatic rings. The lowest BCUT2D eigenvalue weighted by molar-refractivity contribution is -0.114. The molecule has 2 N–H and O–H groups in total. The zero-order valence-electron chi connectivity index (χ0n) is 9.14. The molecule has 0 unspecified atom stereocenters. The Hall–Kier alpha value is -1.80. The molecule has 1 aromatic carbocycles. The molecule has 0 aliphatic heterocycles. The SMILES string of the molecule is CC(=O)Nc1cccc(OC(=O)NS(=O)(=O)Cl)c1. The summed E-state index contributed by atoms with van der Waals surface area (Å²) in [5, 5.41) is 2.47. The second-order valence-corrected chi connectivity index (χ2v) is 5.44. The fraction of sp³-hybridized carbons (Fsp3) is 0.111. The van der Waals surface area contributed by atoms with Crippen molar-refractivity contribution in [3.8, 4) is 5.75 Å². The molecule has 0 aliphatic carbocycles. The number of halogens is 1. The fourth-order valence-corrected chi connectivity index (χ4v) is 1.50. The first-order valence-corrected chi connectivity index (χ1v) is 6.89. The van der Waals surface area contributed by atoms with Gasteiger partial charge < -0.3 is 10.1 Å². The average molecular weight is 293 g/mol. The summed E-state index contributed by atoms with van der Waals surface area (Å²) in [6.45, 7) is 1.32. The molecule has 0 spiro atoms. The molecular weight excluding hydrogens is 284 g/mol. The standard InChI is InChI=1S/C9H9ClN2O5S/c1-6(13)11-7-3-2-4-8(5-7)17-9(14)12-18(10,15)16/h2-5H,1H3,(H,11,13)(H,12,14). The van der Waals surface area contributed by atoms with E-state index in [1.54, 1.807) is 6.07 Å². The van der Waals surface area contributed by atoms with Gasteiger partial charge in [-0.15, -0.1) is 0 Å². The highest BCUT2D eigenvalue weighted by Gasteiger charge is 2.12. The number of benzene rings is 1. The van der Waals surface area contributed by atoms with E-state index < -0.39 is 15.3 Å². The van der Waals surface area contributed by atoms with Crippen LogP contribution in [0.4, 0.5) is 10.5 Å². The van der Waals surface area contributed by atoms with Crippen molar-refractivity contribution < 1.29 is 22.7 Å². The molecule has 0 saturated carbocycles. The predicted molar refractivity (Wildman–Crippen MR) is 64.7 cm³/mol. The summed E-state index contributed by atoms with van der Waals surface area (Å²) in [6.07, 6.45) is -1.25. The summed E-state index contributed by atoms with van der Waals surface area (Å²) >= 11 is 0. The van der Waals surface area contributed by atoms with E-state index in [-0.39, 0.29) is 11.7 Å². The molecule has 0 radical (unpaired) electrons. The van der Waals surface area contributed by atoms with Crippen LogP contribution in [0.1, 0.15) is 6.92 Å². The zero-order valence-corrected chi connectivity index (χ0v) is 10.7. The van der Waals surface area contributed by atoms with Gasteiger partial charge in [0.15, 0.2) is 0 Å². The van der Waals surface area contributed by atoms with E-state index in [0.717, 1.165) is 0 Å². The van der Waals surface area contributed by atoms with Crippen molar-refractivity contribution >= 4 is 37.6 Å². The van der Waals surface area contributed by atoms with Crippen LogP contribution >= 0.6 is 10.7 Å². The highest BCUT2D eigenvalue weighted by atomic mass is 35.7. The Morgan fingerprint density at radius 2 is 2.00 bits per heavy atom. The number of carbonyl (C=O) groups excluding carboxylic acids is 2. The number of amides is 2. The predicted octanol–water partition coefficient (Wildman–Crippen LogP) is 1.22. The van der Waals surface area contributed by atoms with Gasteiger partial charge in [0.05, 0.1) is 0 Å². The molecule has 0 fully saturated rings. The van der Waals surface area contributed by atoms with Gasteiger partial charge in [-0.1, -0.05) is 6.07 Å². The number of ether oxygens (including phenoxy) is 1. The Morgan fingerprint density at radius 1 is 1.33 bits per heavy atom. The third kappa shape index (κ3) is 5.51. The Morgan fingerprint density at radius 3 is 2.56 bits per heavy atom. The minimum Gasteiger partial charge on any atom is -0.410 e. The van der Waals surface area contributed by atoms with E-state index in [0.29, 0.717) is 5.69 Å². The van der Waals surface area contributed by atoms with Crippen LogP contribution < -0.4 is 14.8 Å². The smallest absolute Gasteiger partial charge is 0.410 e. The molecule has 2 amide bonds. The van der Waals surface area contributed by atoms with Crippen molar-refractivity contribution in [3.05, 3.63) is 24.3 Å². The highest BCUT2D eigenvalue weighted by molar-refractivity contribution is 8.12. The van der Waals surface area contributed by atoms with Gasteiger partial charge in [0.2, 0.25) is 5.91 Å². The lowest BCUT2D eigenvalue weighted by Gasteiger charge is -2.06. The summed E-state index contributed by atoms with van der Waals surface area (Å²) in [7, 11) is 0.603. The monoisotopic (exact) mass is 292 g/mol. The van der Waals surface area contributed by atoms with Gasteiger partial charge in [-0.25, -0.2) is 9.52 Å². The second kappa shape index (κ2) is 5.69. The molecule has 7 nitrogen and oxygen atoms in total. The topological polar surface area (TPSA) is 102 Å². The maximum Gasteiger partial charge on any atom is 0.427 e. The number of hydrogen-bond acceptors (Lipinski definition) is 5. The summed E-state index contributed by atoms with van der Waals surface area (Å²) in [6, 6.07) is 5.85. The average Bonchev–Trinajstić information content (AvgIpc) is 2.13. The highest BCUT2D eigenvalue weighted by Crippen LogP contribution is 2.17. The van der Waals surface area contributed by atoms with E-state index in [1.807, 2.05) is 0 Å². The van der Waals surface area contributed by atoms with Gasteiger partial charge >= 0.3 is 15.3 Å². The number of rotatable bonds is 3. The van der Waals surface area contributed by atoms with Crippen LogP contribution in [-0.2, 0) is 14.0 Å². The summed E-state index contributed by atoms with van der Waals surface area (Å²) < 4.78 is 27.1. The third-order valence-corrected chi connectivity index (χ3v) is 2.21. The van der Waals surface area contributed by atoms with Gasteiger partial charge in [-0.05, 0) is 12.1 Å². The van der Waals surface area contributed by atoms with Gasteiger partial charge in [0, 0.05) is 29.4 Å². The minimum absolute atomic E-state index is 0.0547. The van der Waals surface area contributed by atoms with E-state index in [4.69, 9.17) is 10.7 Å². The van der Waals surface area contributed by atoms with E-state index in [9.17, 15) is 18.0 Å². The first-order valence-electron chi connectivity index (χ1n) is 4.58. The van der Waals surface area contributed by atoms with Crippen LogP contribution in [0.2, 0.25) is 0 Å². The normalized spacial score (nSPS) is 10.6. The van der Waals surface area contributed by atoms with E-state index >= 15 is 0 Å². The molecule has 0 aromatic heterocycles. The lowest BCUT2D eigenvalue weighted by Crippen LogP contribution is -2.29. The van der Waals surface area contributed by atoms with Crippen molar-refractivity contribution in [2.45, 2.75) is 6.92 Å². The first-order chi connectivity index (χ1) is 8.26. The van der Waals surface area contributed by atoms with Crippen molar-refractivity contribution in [1.29, 1.82) is 0 Å². The van der Waals surface area contributed by atoms with Crippen LogP contribution in [0, 0.1) is 0 Å². The van der Waals surface area contributed by atoms with Crippen molar-refractivity contribution in [2.75, 3.05) is 5.32 Å². The van der Waals surface area contributed by atoms with Crippen molar-refractivity contribution in [3.63, 3.8) is 0 Å². The molecule has 1 aromatic rings. The summed E-state index contributed by atoms with van der Waals surface area (Å²) in [5.41, 5.74) is 0.404. The van der Waals surface area contributed by atoms with Gasteiger partial charge in [-0.2, -0.15) is 8.42 Å². The first kappa shape index (κ1) is 14.3. The summed E-state index contributed by atoms with van der Waals surface area (Å²) in [4.78, 5) is 21.9. The van der Waals surface area contributed by atoms with E-state index in [1.165, 1.54) is 29.8 Å². The Labute approximate surface area is 108 Å². The number of nitrogens with one attached hydrogen (secondary N) is 2. The second-order valence-electron chi connectivity index (χ2n) is 3.14. The number of anilines is 1. The minimum atomic E-state index is -4.19. The fourth-order valence-electron chi connectivity index (χ4n) is 1.07. The van der Waals surface area contributed by atoms with Crippen LogP contribution in [-0.4, -0.2) is 20.4 Å². The quantitative estimate of drug-likeness (QED) is 0.816. The van der Waals surface area contributed by atoms with Crippen LogP contribution in [0.3, 0.4) is 0 Å². The maximum absolute atomic E-state index is 11.1. The number of carbonyl (C=O) groups is 2. The molecule has 0 atom stereocenters. The molecular formula is C9H9ClN2O5S. The van der Waals surface area contributed by atoms with Crippen LogP contribution in [0.15, 0.2) is 24.3 Å². The molecule has 0 saturated heterocycles. The third-order valence-electron chi connectivity index (χ3n) is 1.57. The molecule has 1 rings (SSSR count). The van der Waals surface area contributed by atoms with Crippen LogP contribution in [0.5, 0.6) is 5.75 Å². The summed E-state index contributed by atoms with van der Waals surface area (Å²) in [5.74, 6) is -0.237. The molecule has 0 bridgehead atoms. The largest absolute Gasteiger partial charge is 0.427 e. The molecule has 98 valence electrons. The Kier molecular flexibility index (Phi) is 4.51. The van der Waals surface area contributed by atoms with E-state index in [2.05, 4.69) is 10.1 Å². The van der Waals surface area contributed by atoms with Gasteiger partial charge in [-0.3, -0.25) is 4.79 Å². The molecule has 18 heavy (non-hydrogen) atoms.